The van der Waals surface area contributed by atoms with Crippen molar-refractivity contribution in [3.63, 3.8) is 0 Å². The molecular weight excluding hydrogens is 844 g/mol. The first-order valence-corrected chi connectivity index (χ1v) is 22.2. The third-order valence-electron chi connectivity index (χ3n) is 12.6. The number of pyridine rings is 1. The molecule has 0 aliphatic carbocycles. The highest BCUT2D eigenvalue weighted by atomic mass is 35.5. The summed E-state index contributed by atoms with van der Waals surface area (Å²) in [5.41, 5.74) is 4.49. The SMILES string of the molecule is CN(c1ncc(-c2ccc(-c3cnc4[nH][n+](CC5(C)CC(N(C)c6ncc(-c7ccc(-n8cnc(Cl)n8)cc7O)nn6)CC(C)(C)N5)cc4c3)cc2O)nn1)C1CC(C)(C)NC(C)(C)C1. The van der Waals surface area contributed by atoms with E-state index in [9.17, 15) is 10.2 Å². The summed E-state index contributed by atoms with van der Waals surface area (Å²) < 4.78 is 3.56. The molecule has 9 rings (SSSR count). The van der Waals surface area contributed by atoms with Crippen molar-refractivity contribution in [2.75, 3.05) is 23.9 Å². The molecule has 19 heteroatoms. The number of halogens is 1. The molecule has 2 saturated heterocycles. The van der Waals surface area contributed by atoms with Gasteiger partial charge < -0.3 is 30.6 Å². The van der Waals surface area contributed by atoms with Gasteiger partial charge in [-0.3, -0.25) is 0 Å². The fourth-order valence-corrected chi connectivity index (χ4v) is 10.4. The maximum absolute atomic E-state index is 11.2. The maximum Gasteiger partial charge on any atom is 0.245 e. The van der Waals surface area contributed by atoms with Gasteiger partial charge in [0.2, 0.25) is 23.4 Å². The van der Waals surface area contributed by atoms with Gasteiger partial charge in [0.1, 0.15) is 29.2 Å². The molecular formula is C46H56ClN16O2+. The molecule has 2 aliphatic heterocycles. The second kappa shape index (κ2) is 16.3. The van der Waals surface area contributed by atoms with Crippen LogP contribution >= 0.6 is 11.6 Å². The smallest absolute Gasteiger partial charge is 0.245 e. The molecule has 0 radical (unpaired) electrons. The number of aromatic hydroxyl groups is 2. The minimum atomic E-state index is -0.321. The van der Waals surface area contributed by atoms with E-state index in [1.54, 1.807) is 36.7 Å². The van der Waals surface area contributed by atoms with Crippen molar-refractivity contribution in [1.29, 1.82) is 0 Å². The van der Waals surface area contributed by atoms with Crippen LogP contribution in [0.25, 0.3) is 50.4 Å². The number of phenolic OH excluding ortho intramolecular Hbond substituents is 2. The van der Waals surface area contributed by atoms with Gasteiger partial charge in [-0.1, -0.05) is 6.07 Å². The molecule has 0 amide bonds. The molecule has 2 unspecified atom stereocenters. The summed E-state index contributed by atoms with van der Waals surface area (Å²) in [6.07, 6.45) is 12.2. The van der Waals surface area contributed by atoms with Crippen LogP contribution in [0.4, 0.5) is 11.9 Å². The molecule has 2 aromatic carbocycles. The molecule has 338 valence electrons. The van der Waals surface area contributed by atoms with Crippen LogP contribution in [0.15, 0.2) is 73.6 Å². The molecule has 5 N–H and O–H groups in total. The van der Waals surface area contributed by atoms with E-state index in [-0.39, 0.29) is 51.0 Å². The predicted octanol–water partition coefficient (Wildman–Crippen LogP) is 6.04. The van der Waals surface area contributed by atoms with Crippen LogP contribution < -0.4 is 25.1 Å². The van der Waals surface area contributed by atoms with Gasteiger partial charge in [0, 0.05) is 71.7 Å². The number of nitrogens with zero attached hydrogens (tertiary/aromatic N) is 13. The quantitative estimate of drug-likeness (QED) is 0.0992. The summed E-state index contributed by atoms with van der Waals surface area (Å²) in [6.45, 7) is 16.2. The third kappa shape index (κ3) is 9.28. The first-order valence-electron chi connectivity index (χ1n) is 21.8. The summed E-state index contributed by atoms with van der Waals surface area (Å²) in [5.74, 6) is 1.14. The number of nitrogens with one attached hydrogen (secondary N) is 3. The number of hydrogen-bond acceptors (Lipinski definition) is 15. The molecule has 2 fully saturated rings. The average Bonchev–Trinajstić information content (AvgIpc) is 3.86. The summed E-state index contributed by atoms with van der Waals surface area (Å²) >= 11 is 5.87. The predicted molar refractivity (Wildman–Crippen MR) is 249 cm³/mol. The molecule has 5 aromatic heterocycles. The van der Waals surface area contributed by atoms with Crippen LogP contribution in [0, 0.1) is 0 Å². The topological polar surface area (TPSA) is 212 Å². The number of phenols is 2. The zero-order valence-electron chi connectivity index (χ0n) is 38.2. The van der Waals surface area contributed by atoms with Crippen LogP contribution in [0.3, 0.4) is 0 Å². The van der Waals surface area contributed by atoms with E-state index in [1.165, 1.54) is 11.0 Å². The molecule has 2 atom stereocenters. The van der Waals surface area contributed by atoms with E-state index >= 15 is 0 Å². The van der Waals surface area contributed by atoms with Crippen molar-refractivity contribution in [1.82, 2.24) is 65.8 Å². The standard InChI is InChI=1S/C46H55ClN16O2/c1-43(2)17-31(18-44(3,4)58-43)60(8)41-49-22-35(52-54-41)33-12-10-27(15-37(33)64)28-14-29-24-62(56-39(29)48-21-28)25-46(7)20-32(19-45(5,6)59-46)61(9)42-50-23-36(53-55-42)34-13-11-30(16-38(34)65)63-26-51-40(47)57-63/h10-16,21-24,26,31-32,58-59H,17-20,25H2,1-9H3,(H2,52,53,64,65)/p+1. The first-order chi connectivity index (χ1) is 30.7. The number of piperidine rings is 2. The average molecular weight is 901 g/mol. The lowest BCUT2D eigenvalue weighted by Gasteiger charge is -2.48. The van der Waals surface area contributed by atoms with E-state index in [0.29, 0.717) is 46.6 Å². The van der Waals surface area contributed by atoms with Gasteiger partial charge in [0.25, 0.3) is 0 Å². The summed E-state index contributed by atoms with van der Waals surface area (Å²) in [4.78, 5) is 22.3. The number of rotatable bonds is 10. The minimum absolute atomic E-state index is 0.00693. The molecule has 0 saturated carbocycles. The van der Waals surface area contributed by atoms with Crippen LogP contribution in [-0.4, -0.2) is 114 Å². The van der Waals surface area contributed by atoms with Crippen LogP contribution in [0.2, 0.25) is 5.28 Å². The number of benzene rings is 2. The molecule has 7 heterocycles. The normalized spacial score (nSPS) is 20.5. The van der Waals surface area contributed by atoms with Gasteiger partial charge in [0.05, 0.1) is 29.0 Å². The van der Waals surface area contributed by atoms with E-state index < -0.39 is 0 Å². The van der Waals surface area contributed by atoms with E-state index in [2.05, 4.69) is 131 Å². The molecule has 0 bridgehead atoms. The second-order valence-corrected chi connectivity index (χ2v) is 20.4. The van der Waals surface area contributed by atoms with Gasteiger partial charge >= 0.3 is 0 Å². The summed E-state index contributed by atoms with van der Waals surface area (Å²) in [7, 11) is 4.03. The fraction of sp³-hybridized carbons (Fsp3) is 0.435. The van der Waals surface area contributed by atoms with Gasteiger partial charge in [0.15, 0.2) is 12.2 Å². The van der Waals surface area contributed by atoms with Gasteiger partial charge in [-0.25, -0.2) is 24.6 Å². The zero-order valence-corrected chi connectivity index (χ0v) is 39.0. The van der Waals surface area contributed by atoms with Gasteiger partial charge in [-0.05, 0) is 122 Å². The molecule has 2 aliphatic rings. The second-order valence-electron chi connectivity index (χ2n) is 20.0. The van der Waals surface area contributed by atoms with Crippen molar-refractivity contribution in [3.8, 4) is 50.8 Å². The Kier molecular flexibility index (Phi) is 11.0. The Morgan fingerprint density at radius 1 is 0.692 bits per heavy atom. The molecule has 65 heavy (non-hydrogen) atoms. The van der Waals surface area contributed by atoms with Crippen LogP contribution in [-0.2, 0) is 6.54 Å². The Labute approximate surface area is 382 Å². The van der Waals surface area contributed by atoms with Crippen molar-refractivity contribution in [3.05, 3.63) is 78.9 Å². The van der Waals surface area contributed by atoms with Crippen molar-refractivity contribution in [2.45, 2.75) is 115 Å². The lowest BCUT2D eigenvalue weighted by molar-refractivity contribution is -0.755. The summed E-state index contributed by atoms with van der Waals surface area (Å²) in [6, 6.07) is 13.1. The molecule has 0 spiro atoms. The van der Waals surface area contributed by atoms with E-state index in [1.807, 2.05) is 32.4 Å². The van der Waals surface area contributed by atoms with E-state index in [0.717, 1.165) is 47.8 Å². The molecule has 18 nitrogen and oxygen atoms in total. The van der Waals surface area contributed by atoms with Crippen LogP contribution in [0.1, 0.15) is 74.1 Å². The Hall–Kier alpha value is -6.37. The number of H-pyrrole nitrogens is 1. The number of hydrogen-bond donors (Lipinski definition) is 5. The zero-order chi connectivity index (χ0) is 46.1. The van der Waals surface area contributed by atoms with Gasteiger partial charge in [-0.2, -0.15) is 0 Å². The lowest BCUT2D eigenvalue weighted by Crippen LogP contribution is -2.67. The molecule has 7 aromatic rings. The van der Waals surface area contributed by atoms with Crippen molar-refractivity contribution < 1.29 is 14.9 Å². The Morgan fingerprint density at radius 3 is 1.83 bits per heavy atom. The third-order valence-corrected chi connectivity index (χ3v) is 12.8. The number of anilines is 2. The minimum Gasteiger partial charge on any atom is -0.507 e. The fourth-order valence-electron chi connectivity index (χ4n) is 10.3. The van der Waals surface area contributed by atoms with E-state index in [4.69, 9.17) is 16.6 Å². The Balaban J connectivity index is 0.868. The van der Waals surface area contributed by atoms with Crippen molar-refractivity contribution in [2.24, 2.45) is 0 Å². The number of fused-ring (bicyclic) bond motifs is 1. The largest absolute Gasteiger partial charge is 0.507 e. The monoisotopic (exact) mass is 899 g/mol. The maximum atomic E-state index is 11.2. The Bertz CT molecular complexity index is 2850. The van der Waals surface area contributed by atoms with Crippen molar-refractivity contribution >= 4 is 34.5 Å². The van der Waals surface area contributed by atoms with Gasteiger partial charge in [-0.15, -0.1) is 35.3 Å². The Morgan fingerprint density at radius 2 is 1.28 bits per heavy atom. The highest BCUT2D eigenvalue weighted by molar-refractivity contribution is 6.28. The number of aromatic amines is 1. The highest BCUT2D eigenvalue weighted by Gasteiger charge is 2.45. The van der Waals surface area contributed by atoms with Crippen LogP contribution in [0.5, 0.6) is 11.5 Å². The highest BCUT2D eigenvalue weighted by Crippen LogP contribution is 2.37. The summed E-state index contributed by atoms with van der Waals surface area (Å²) in [5, 5.41) is 56.2. The number of aromatic nitrogens is 12. The lowest BCUT2D eigenvalue weighted by atomic mass is 9.78. The first kappa shape index (κ1) is 43.9.